The summed E-state index contributed by atoms with van der Waals surface area (Å²) in [4.78, 5) is 18.3. The molecular formula is C22H29N3O2S. The number of hydrogen-bond acceptors (Lipinski definition) is 5. The van der Waals surface area contributed by atoms with Crippen LogP contribution in [0.15, 0.2) is 47.4 Å². The van der Waals surface area contributed by atoms with Crippen LogP contribution in [0.25, 0.3) is 0 Å². The summed E-state index contributed by atoms with van der Waals surface area (Å²) in [7, 11) is 6.04. The third-order valence-electron chi connectivity index (χ3n) is 5.14. The molecule has 1 N–H and O–H groups in total. The first-order valence-corrected chi connectivity index (χ1v) is 10.8. The molecule has 1 fully saturated rings. The minimum atomic E-state index is 0.0950. The van der Waals surface area contributed by atoms with E-state index < -0.39 is 0 Å². The third kappa shape index (κ3) is 4.87. The van der Waals surface area contributed by atoms with Gasteiger partial charge in [0.25, 0.3) is 5.91 Å². The minimum absolute atomic E-state index is 0.0950. The molecule has 0 bridgehead atoms. The van der Waals surface area contributed by atoms with Crippen molar-refractivity contribution in [2.24, 2.45) is 0 Å². The summed E-state index contributed by atoms with van der Waals surface area (Å²) in [6, 6.07) is 14.2. The van der Waals surface area contributed by atoms with E-state index in [1.807, 2.05) is 54.4 Å². The number of nitrogens with one attached hydrogen (secondary N) is 1. The van der Waals surface area contributed by atoms with Crippen molar-refractivity contribution >= 4 is 17.7 Å². The number of rotatable bonds is 7. The summed E-state index contributed by atoms with van der Waals surface area (Å²) in [5, 5.41) is 3.17. The highest BCUT2D eigenvalue weighted by molar-refractivity contribution is 7.98. The molecule has 2 aromatic carbocycles. The van der Waals surface area contributed by atoms with Gasteiger partial charge in [-0.2, -0.15) is 0 Å². The molecule has 1 unspecified atom stereocenters. The molecule has 5 nitrogen and oxygen atoms in total. The first-order valence-electron chi connectivity index (χ1n) is 9.57. The normalized spacial score (nSPS) is 16.6. The molecule has 0 aromatic heterocycles. The highest BCUT2D eigenvalue weighted by Gasteiger charge is 2.28. The third-order valence-corrected chi connectivity index (χ3v) is 5.89. The van der Waals surface area contributed by atoms with Crippen LogP contribution in [0.3, 0.4) is 0 Å². The van der Waals surface area contributed by atoms with Gasteiger partial charge in [0.05, 0.1) is 0 Å². The van der Waals surface area contributed by atoms with E-state index in [2.05, 4.69) is 30.6 Å². The summed E-state index contributed by atoms with van der Waals surface area (Å²) >= 11 is 1.70. The highest BCUT2D eigenvalue weighted by atomic mass is 32.2. The zero-order valence-corrected chi connectivity index (χ0v) is 17.9. The Kier molecular flexibility index (Phi) is 6.99. The lowest BCUT2D eigenvalue weighted by atomic mass is 10.1. The second kappa shape index (κ2) is 9.45. The minimum Gasteiger partial charge on any atom is -0.457 e. The lowest BCUT2D eigenvalue weighted by Crippen LogP contribution is -2.34. The Morgan fingerprint density at radius 3 is 2.61 bits per heavy atom. The van der Waals surface area contributed by atoms with E-state index in [1.165, 1.54) is 4.90 Å². The molecular weight excluding hydrogens is 370 g/mol. The second-order valence-corrected chi connectivity index (χ2v) is 8.17. The van der Waals surface area contributed by atoms with Gasteiger partial charge in [0, 0.05) is 41.7 Å². The van der Waals surface area contributed by atoms with Gasteiger partial charge in [-0.1, -0.05) is 0 Å². The van der Waals surface area contributed by atoms with Crippen molar-refractivity contribution in [1.82, 2.24) is 15.1 Å². The number of carbonyl (C=O) groups is 1. The fraction of sp³-hybridized carbons (Fsp3) is 0.409. The van der Waals surface area contributed by atoms with Crippen molar-refractivity contribution in [2.45, 2.75) is 23.9 Å². The first-order chi connectivity index (χ1) is 13.5. The quantitative estimate of drug-likeness (QED) is 0.720. The van der Waals surface area contributed by atoms with Crippen molar-refractivity contribution in [3.63, 3.8) is 0 Å². The van der Waals surface area contributed by atoms with Gasteiger partial charge in [0.1, 0.15) is 11.5 Å². The molecule has 28 heavy (non-hydrogen) atoms. The highest BCUT2D eigenvalue weighted by Crippen LogP contribution is 2.29. The van der Waals surface area contributed by atoms with Crippen LogP contribution < -0.4 is 10.1 Å². The van der Waals surface area contributed by atoms with Gasteiger partial charge in [-0.15, -0.1) is 11.8 Å². The molecule has 0 aliphatic carbocycles. The predicted octanol–water partition coefficient (Wildman–Crippen LogP) is 3.70. The Labute approximate surface area is 172 Å². The van der Waals surface area contributed by atoms with Gasteiger partial charge in [-0.05, 0) is 76.3 Å². The van der Waals surface area contributed by atoms with Gasteiger partial charge in [0.2, 0.25) is 0 Å². The van der Waals surface area contributed by atoms with Crippen LogP contribution >= 0.6 is 11.8 Å². The largest absolute Gasteiger partial charge is 0.457 e. The Morgan fingerprint density at radius 2 is 2.00 bits per heavy atom. The topological polar surface area (TPSA) is 44.8 Å². The van der Waals surface area contributed by atoms with Gasteiger partial charge >= 0.3 is 0 Å². The molecule has 1 aliphatic heterocycles. The molecule has 1 aliphatic rings. The number of carbonyl (C=O) groups excluding carboxylic acids is 1. The molecule has 0 spiro atoms. The summed E-state index contributed by atoms with van der Waals surface area (Å²) in [5.41, 5.74) is 1.69. The summed E-state index contributed by atoms with van der Waals surface area (Å²) in [6.07, 6.45) is 3.08. The van der Waals surface area contributed by atoms with Crippen LogP contribution in [0, 0.1) is 0 Å². The first kappa shape index (κ1) is 20.7. The van der Waals surface area contributed by atoms with E-state index >= 15 is 0 Å². The second-order valence-electron chi connectivity index (χ2n) is 7.29. The molecule has 1 atom stereocenters. The number of amides is 1. The van der Waals surface area contributed by atoms with E-state index in [1.54, 1.807) is 11.8 Å². The van der Waals surface area contributed by atoms with E-state index in [0.717, 1.165) is 42.1 Å². The summed E-state index contributed by atoms with van der Waals surface area (Å²) in [6.45, 7) is 2.23. The Balaban J connectivity index is 1.77. The van der Waals surface area contributed by atoms with Crippen molar-refractivity contribution < 1.29 is 9.53 Å². The SMILES string of the molecule is CNCc1cc(C(=O)N2CCC(N(C)C)C2)ccc1Oc1ccc(SC)cc1. The van der Waals surface area contributed by atoms with Gasteiger partial charge in [-0.3, -0.25) is 4.79 Å². The van der Waals surface area contributed by atoms with Gasteiger partial charge in [-0.25, -0.2) is 0 Å². The molecule has 150 valence electrons. The maximum absolute atomic E-state index is 13.0. The van der Waals surface area contributed by atoms with Gasteiger partial charge in [0.15, 0.2) is 0 Å². The van der Waals surface area contributed by atoms with Crippen molar-refractivity contribution in [2.75, 3.05) is 40.5 Å². The summed E-state index contributed by atoms with van der Waals surface area (Å²) in [5.74, 6) is 1.66. The average molecular weight is 400 g/mol. The van der Waals surface area contributed by atoms with Crippen LogP contribution in [-0.4, -0.2) is 62.2 Å². The zero-order valence-electron chi connectivity index (χ0n) is 17.1. The number of benzene rings is 2. The van der Waals surface area contributed by atoms with Crippen LogP contribution in [-0.2, 0) is 6.54 Å². The lowest BCUT2D eigenvalue weighted by Gasteiger charge is -2.21. The standard InChI is InChI=1S/C22H29N3O2S/c1-23-14-17-13-16(22(26)25-12-11-18(15-25)24(2)3)5-10-21(17)27-19-6-8-20(28-4)9-7-19/h5-10,13,18,23H,11-12,14-15H2,1-4H3. The number of ether oxygens (including phenoxy) is 1. The van der Waals surface area contributed by atoms with E-state index in [-0.39, 0.29) is 5.91 Å². The lowest BCUT2D eigenvalue weighted by molar-refractivity contribution is 0.0783. The van der Waals surface area contributed by atoms with E-state index in [9.17, 15) is 4.79 Å². The maximum atomic E-state index is 13.0. The molecule has 1 amide bonds. The molecule has 1 heterocycles. The number of hydrogen-bond donors (Lipinski definition) is 1. The number of likely N-dealkylation sites (tertiary alicyclic amines) is 1. The van der Waals surface area contributed by atoms with Gasteiger partial charge < -0.3 is 19.9 Å². The van der Waals surface area contributed by atoms with Crippen LogP contribution in [0.1, 0.15) is 22.3 Å². The predicted molar refractivity (Wildman–Crippen MR) is 115 cm³/mol. The molecule has 3 rings (SSSR count). The fourth-order valence-corrected chi connectivity index (χ4v) is 3.85. The van der Waals surface area contributed by atoms with Crippen molar-refractivity contribution in [3.8, 4) is 11.5 Å². The molecule has 2 aromatic rings. The Hall–Kier alpha value is -2.02. The van der Waals surface area contributed by atoms with Crippen molar-refractivity contribution in [3.05, 3.63) is 53.6 Å². The molecule has 6 heteroatoms. The smallest absolute Gasteiger partial charge is 0.253 e. The zero-order chi connectivity index (χ0) is 20.1. The monoisotopic (exact) mass is 399 g/mol. The van der Waals surface area contributed by atoms with Crippen LogP contribution in [0.5, 0.6) is 11.5 Å². The van der Waals surface area contributed by atoms with E-state index in [4.69, 9.17) is 4.74 Å². The number of thioether (sulfide) groups is 1. The number of nitrogens with zero attached hydrogens (tertiary/aromatic N) is 2. The molecule has 0 radical (unpaired) electrons. The fourth-order valence-electron chi connectivity index (χ4n) is 3.44. The Bertz CT molecular complexity index is 808. The molecule has 0 saturated carbocycles. The van der Waals surface area contributed by atoms with Crippen LogP contribution in [0.2, 0.25) is 0 Å². The number of likely N-dealkylation sites (N-methyl/N-ethyl adjacent to an activating group) is 1. The average Bonchev–Trinajstić information content (AvgIpc) is 3.20. The van der Waals surface area contributed by atoms with Crippen molar-refractivity contribution in [1.29, 1.82) is 0 Å². The summed E-state index contributed by atoms with van der Waals surface area (Å²) < 4.78 is 6.09. The Morgan fingerprint density at radius 1 is 1.25 bits per heavy atom. The molecule has 1 saturated heterocycles. The maximum Gasteiger partial charge on any atom is 0.253 e. The van der Waals surface area contributed by atoms with E-state index in [0.29, 0.717) is 12.6 Å². The van der Waals surface area contributed by atoms with Crippen LogP contribution in [0.4, 0.5) is 0 Å².